The Hall–Kier alpha value is -1.23. The van der Waals surface area contributed by atoms with Crippen molar-refractivity contribution in [2.45, 2.75) is 12.7 Å². The maximum atomic E-state index is 13.3. The highest BCUT2D eigenvalue weighted by Crippen LogP contribution is 2.20. The first-order valence-corrected chi connectivity index (χ1v) is 8.00. The van der Waals surface area contributed by atoms with Crippen LogP contribution in [0.15, 0.2) is 16.7 Å². The molecule has 0 radical (unpaired) electrons. The van der Waals surface area contributed by atoms with Crippen molar-refractivity contribution in [3.63, 3.8) is 0 Å². The number of rotatable bonds is 5. The molecular weight excluding hydrogens is 415 g/mol. The van der Waals surface area contributed by atoms with Crippen LogP contribution in [0.5, 0.6) is 0 Å². The van der Waals surface area contributed by atoms with Gasteiger partial charge in [-0.3, -0.25) is 4.79 Å². The van der Waals surface area contributed by atoms with Gasteiger partial charge in [-0.05, 0) is 34.7 Å². The Balaban J connectivity index is 1.84. The van der Waals surface area contributed by atoms with Crippen LogP contribution >= 0.6 is 34.4 Å². The van der Waals surface area contributed by atoms with Crippen LogP contribution in [0.1, 0.15) is 11.7 Å². The topological polar surface area (TPSA) is 68.0 Å². The van der Waals surface area contributed by atoms with Crippen molar-refractivity contribution in [1.29, 1.82) is 0 Å². The van der Waals surface area contributed by atoms with E-state index in [9.17, 15) is 13.6 Å². The Morgan fingerprint density at radius 2 is 2.10 bits per heavy atom. The second-order valence-corrected chi connectivity index (χ2v) is 6.09. The van der Waals surface area contributed by atoms with Crippen LogP contribution in [0.3, 0.4) is 0 Å². The van der Waals surface area contributed by atoms with E-state index in [4.69, 9.17) is 4.52 Å². The van der Waals surface area contributed by atoms with Crippen LogP contribution < -0.4 is 5.32 Å². The number of aryl methyl sites for hydroxylation is 1. The van der Waals surface area contributed by atoms with Gasteiger partial charge in [-0.25, -0.2) is 8.78 Å². The zero-order valence-corrected chi connectivity index (χ0v) is 13.8. The van der Waals surface area contributed by atoms with Crippen LogP contribution in [0, 0.1) is 22.1 Å². The lowest BCUT2D eigenvalue weighted by Gasteiger charge is -2.06. The molecule has 1 heterocycles. The van der Waals surface area contributed by atoms with Gasteiger partial charge >= 0.3 is 0 Å². The molecule has 9 heteroatoms. The molecule has 2 aromatic rings. The van der Waals surface area contributed by atoms with E-state index < -0.39 is 11.6 Å². The number of carbonyl (C=O) groups excluding carboxylic acids is 1. The summed E-state index contributed by atoms with van der Waals surface area (Å²) < 4.78 is 31.4. The fourth-order valence-corrected chi connectivity index (χ4v) is 2.43. The fraction of sp³-hybridized carbons (Fsp3) is 0.250. The Morgan fingerprint density at radius 1 is 1.43 bits per heavy atom. The van der Waals surface area contributed by atoms with E-state index in [1.807, 2.05) is 0 Å². The molecule has 5 nitrogen and oxygen atoms in total. The predicted octanol–water partition coefficient (Wildman–Crippen LogP) is 3.13. The van der Waals surface area contributed by atoms with E-state index in [2.05, 4.69) is 15.5 Å². The average molecular weight is 425 g/mol. The molecule has 0 saturated heterocycles. The zero-order chi connectivity index (χ0) is 15.4. The molecule has 0 bridgehead atoms. The molecule has 0 spiro atoms. The molecular formula is C12H10F2IN3O2S. The van der Waals surface area contributed by atoms with E-state index in [1.165, 1.54) is 11.8 Å². The second kappa shape index (κ2) is 7.16. The summed E-state index contributed by atoms with van der Waals surface area (Å²) >= 11 is 2.83. The minimum Gasteiger partial charge on any atom is -0.340 e. The summed E-state index contributed by atoms with van der Waals surface area (Å²) in [6.07, 6.45) is 0. The molecule has 0 atom stereocenters. The smallest absolute Gasteiger partial charge is 0.234 e. The molecule has 0 fully saturated rings. The number of amides is 1. The summed E-state index contributed by atoms with van der Waals surface area (Å²) in [7, 11) is 0. The standard InChI is InChI=1S/C12H10F2IN3O2S/c1-6-16-10(18-20-6)4-21-5-11(19)17-7-2-8(13)12(15)9(14)3-7/h2-3H,4-5H2,1H3,(H,17,19). The number of benzene rings is 1. The number of carbonyl (C=O) groups is 1. The molecule has 21 heavy (non-hydrogen) atoms. The molecule has 0 saturated carbocycles. The molecule has 1 amide bonds. The molecule has 0 unspecified atom stereocenters. The SMILES string of the molecule is Cc1nc(CSCC(=O)Nc2cc(F)c(I)c(F)c2)no1. The maximum absolute atomic E-state index is 13.3. The summed E-state index contributed by atoms with van der Waals surface area (Å²) in [5.41, 5.74) is 0.0893. The average Bonchev–Trinajstić information content (AvgIpc) is 2.81. The number of hydrogen-bond donors (Lipinski definition) is 1. The lowest BCUT2D eigenvalue weighted by Crippen LogP contribution is -2.14. The van der Waals surface area contributed by atoms with Gasteiger partial charge in [0.25, 0.3) is 0 Å². The van der Waals surface area contributed by atoms with Gasteiger partial charge in [0.1, 0.15) is 11.6 Å². The van der Waals surface area contributed by atoms with Crippen LogP contribution in [0.2, 0.25) is 0 Å². The molecule has 112 valence electrons. The number of nitrogens with one attached hydrogen (secondary N) is 1. The Kier molecular flexibility index (Phi) is 5.51. The first-order chi connectivity index (χ1) is 9.95. The van der Waals surface area contributed by atoms with Crippen LogP contribution in [-0.2, 0) is 10.5 Å². The summed E-state index contributed by atoms with van der Waals surface area (Å²) in [6, 6.07) is 2.16. The number of thioether (sulfide) groups is 1. The third-order valence-corrected chi connectivity index (χ3v) is 4.26. The Labute approximate surface area is 137 Å². The summed E-state index contributed by atoms with van der Waals surface area (Å²) in [5, 5.41) is 6.13. The Morgan fingerprint density at radius 3 is 2.67 bits per heavy atom. The zero-order valence-electron chi connectivity index (χ0n) is 10.8. The quantitative estimate of drug-likeness (QED) is 0.589. The first-order valence-electron chi connectivity index (χ1n) is 5.77. The Bertz CT molecular complexity index is 643. The summed E-state index contributed by atoms with van der Waals surface area (Å²) in [5.74, 6) is -0.290. The maximum Gasteiger partial charge on any atom is 0.234 e. The van der Waals surface area contributed by atoms with Crippen LogP contribution in [-0.4, -0.2) is 21.8 Å². The van der Waals surface area contributed by atoms with Gasteiger partial charge < -0.3 is 9.84 Å². The highest BCUT2D eigenvalue weighted by molar-refractivity contribution is 14.1. The van der Waals surface area contributed by atoms with Gasteiger partial charge in [0.2, 0.25) is 11.8 Å². The first kappa shape index (κ1) is 16.1. The van der Waals surface area contributed by atoms with Gasteiger partial charge in [0.15, 0.2) is 5.82 Å². The number of anilines is 1. The molecule has 2 rings (SSSR count). The highest BCUT2D eigenvalue weighted by atomic mass is 127. The molecule has 0 aliphatic carbocycles. The molecule has 1 N–H and O–H groups in total. The van der Waals surface area contributed by atoms with Crippen molar-refractivity contribution in [1.82, 2.24) is 10.1 Å². The van der Waals surface area contributed by atoms with Crippen molar-refractivity contribution >= 4 is 45.9 Å². The lowest BCUT2D eigenvalue weighted by atomic mass is 10.3. The number of aromatic nitrogens is 2. The molecule has 0 aliphatic heterocycles. The third-order valence-electron chi connectivity index (χ3n) is 2.30. The molecule has 1 aromatic heterocycles. The van der Waals surface area contributed by atoms with Gasteiger partial charge in [-0.15, -0.1) is 11.8 Å². The van der Waals surface area contributed by atoms with Crippen molar-refractivity contribution < 1.29 is 18.1 Å². The minimum absolute atomic E-state index is 0.0893. The van der Waals surface area contributed by atoms with Crippen LogP contribution in [0.25, 0.3) is 0 Å². The summed E-state index contributed by atoms with van der Waals surface area (Å²) in [6.45, 7) is 1.67. The van der Waals surface area contributed by atoms with E-state index in [1.54, 1.807) is 29.5 Å². The molecule has 0 aliphatic rings. The monoisotopic (exact) mass is 425 g/mol. The van der Waals surface area contributed by atoms with Gasteiger partial charge in [0, 0.05) is 12.6 Å². The number of hydrogen-bond acceptors (Lipinski definition) is 5. The number of halogens is 3. The fourth-order valence-electron chi connectivity index (χ4n) is 1.46. The van der Waals surface area contributed by atoms with E-state index >= 15 is 0 Å². The van der Waals surface area contributed by atoms with E-state index in [0.717, 1.165) is 12.1 Å². The normalized spacial score (nSPS) is 10.7. The van der Waals surface area contributed by atoms with Gasteiger partial charge in [0.05, 0.1) is 15.1 Å². The van der Waals surface area contributed by atoms with E-state index in [-0.39, 0.29) is 20.9 Å². The predicted molar refractivity (Wildman–Crippen MR) is 82.9 cm³/mol. The molecule has 1 aromatic carbocycles. The van der Waals surface area contributed by atoms with Crippen molar-refractivity contribution in [3.05, 3.63) is 39.1 Å². The van der Waals surface area contributed by atoms with Crippen molar-refractivity contribution in [2.75, 3.05) is 11.1 Å². The number of nitrogens with zero attached hydrogens (tertiary/aromatic N) is 2. The highest BCUT2D eigenvalue weighted by Gasteiger charge is 2.11. The van der Waals surface area contributed by atoms with E-state index in [0.29, 0.717) is 17.5 Å². The lowest BCUT2D eigenvalue weighted by molar-refractivity contribution is -0.113. The largest absolute Gasteiger partial charge is 0.340 e. The minimum atomic E-state index is -0.708. The third kappa shape index (κ3) is 4.63. The van der Waals surface area contributed by atoms with Crippen LogP contribution in [0.4, 0.5) is 14.5 Å². The second-order valence-electron chi connectivity index (χ2n) is 4.02. The summed E-state index contributed by atoms with van der Waals surface area (Å²) in [4.78, 5) is 15.7. The van der Waals surface area contributed by atoms with Crippen molar-refractivity contribution in [2.24, 2.45) is 0 Å². The van der Waals surface area contributed by atoms with Gasteiger partial charge in [-0.2, -0.15) is 4.98 Å². The van der Waals surface area contributed by atoms with Gasteiger partial charge in [-0.1, -0.05) is 5.16 Å². The van der Waals surface area contributed by atoms with Crippen molar-refractivity contribution in [3.8, 4) is 0 Å².